The van der Waals surface area contributed by atoms with Gasteiger partial charge in [0.15, 0.2) is 0 Å². The van der Waals surface area contributed by atoms with Crippen molar-refractivity contribution in [3.05, 3.63) is 33.8 Å². The molecule has 0 radical (unpaired) electrons. The van der Waals surface area contributed by atoms with Crippen LogP contribution in [-0.2, 0) is 20.9 Å². The molecule has 0 unspecified atom stereocenters. The van der Waals surface area contributed by atoms with Crippen molar-refractivity contribution < 1.29 is 19.2 Å². The number of allylic oxidation sites excluding steroid dienone is 1. The van der Waals surface area contributed by atoms with Gasteiger partial charge in [0.05, 0.1) is 18.1 Å². The number of carbonyl (C=O) groups excluding carboxylic acids is 2. The van der Waals surface area contributed by atoms with Crippen molar-refractivity contribution in [1.29, 1.82) is 0 Å². The summed E-state index contributed by atoms with van der Waals surface area (Å²) in [6.45, 7) is 5.28. The summed E-state index contributed by atoms with van der Waals surface area (Å²) in [5.74, 6) is -0.852. The van der Waals surface area contributed by atoms with E-state index in [-0.39, 0.29) is 31.2 Å². The van der Waals surface area contributed by atoms with Gasteiger partial charge in [0.2, 0.25) is 5.91 Å². The summed E-state index contributed by atoms with van der Waals surface area (Å²) in [7, 11) is 0. The fraction of sp³-hybridized carbons (Fsp3) is 0.462. The van der Waals surface area contributed by atoms with Crippen molar-refractivity contribution >= 4 is 17.6 Å². The predicted molar refractivity (Wildman–Crippen MR) is 76.8 cm³/mol. The zero-order chi connectivity index (χ0) is 16.7. The lowest BCUT2D eigenvalue weighted by Crippen LogP contribution is -2.23. The van der Waals surface area contributed by atoms with Crippen LogP contribution in [0, 0.1) is 17.0 Å². The van der Waals surface area contributed by atoms with Gasteiger partial charge in [-0.05, 0) is 20.8 Å². The van der Waals surface area contributed by atoms with Gasteiger partial charge in [-0.3, -0.25) is 19.6 Å². The first-order valence-electron chi connectivity index (χ1n) is 6.66. The van der Waals surface area contributed by atoms with Gasteiger partial charge in [-0.1, -0.05) is 0 Å². The third kappa shape index (κ3) is 5.00. The fourth-order valence-electron chi connectivity index (χ4n) is 1.73. The van der Waals surface area contributed by atoms with Crippen molar-refractivity contribution in [1.82, 2.24) is 15.1 Å². The Kier molecular flexibility index (Phi) is 6.24. The normalized spacial score (nSPS) is 11.1. The molecule has 1 amide bonds. The maximum Gasteiger partial charge on any atom is 0.332 e. The number of hydrogen-bond acceptors (Lipinski definition) is 6. The molecule has 0 aliphatic carbocycles. The molecule has 0 aliphatic heterocycles. The molecule has 1 rings (SSSR count). The zero-order valence-corrected chi connectivity index (χ0v) is 12.7. The highest BCUT2D eigenvalue weighted by Gasteiger charge is 2.16. The molecule has 9 nitrogen and oxygen atoms in total. The van der Waals surface area contributed by atoms with Gasteiger partial charge in [-0.25, -0.2) is 4.79 Å². The first-order valence-corrected chi connectivity index (χ1v) is 6.66. The molecule has 0 aromatic carbocycles. The molecule has 0 fully saturated rings. The van der Waals surface area contributed by atoms with E-state index < -0.39 is 10.9 Å². The van der Waals surface area contributed by atoms with Crippen LogP contribution in [0.1, 0.15) is 26.0 Å². The van der Waals surface area contributed by atoms with Gasteiger partial charge in [0, 0.05) is 18.2 Å². The highest BCUT2D eigenvalue weighted by atomic mass is 16.6. The molecule has 1 heterocycles. The molecule has 0 saturated carbocycles. The molecule has 22 heavy (non-hydrogen) atoms. The number of aryl methyl sites for hydroxylation is 1. The van der Waals surface area contributed by atoms with Gasteiger partial charge in [0.1, 0.15) is 11.9 Å². The van der Waals surface area contributed by atoms with E-state index in [1.165, 1.54) is 10.8 Å². The molecule has 0 bridgehead atoms. The maximum atomic E-state index is 11.7. The SMILES string of the molecule is CCOC(=O)/C=C(\C)NC(=O)CCn1ncc([N+](=O)[O-])c1C. The summed E-state index contributed by atoms with van der Waals surface area (Å²) in [5.41, 5.74) is 0.669. The number of nitro groups is 1. The Morgan fingerprint density at radius 3 is 2.77 bits per heavy atom. The minimum atomic E-state index is -0.529. The summed E-state index contributed by atoms with van der Waals surface area (Å²) in [5, 5.41) is 17.1. The monoisotopic (exact) mass is 310 g/mol. The van der Waals surface area contributed by atoms with Crippen molar-refractivity contribution in [3.8, 4) is 0 Å². The minimum Gasteiger partial charge on any atom is -0.463 e. The van der Waals surface area contributed by atoms with Gasteiger partial charge in [-0.15, -0.1) is 0 Å². The Labute approximate surface area is 127 Å². The van der Waals surface area contributed by atoms with E-state index >= 15 is 0 Å². The fourth-order valence-corrected chi connectivity index (χ4v) is 1.73. The van der Waals surface area contributed by atoms with Gasteiger partial charge in [0.25, 0.3) is 0 Å². The number of carbonyl (C=O) groups is 2. The number of hydrogen-bond donors (Lipinski definition) is 1. The van der Waals surface area contributed by atoms with Crippen LogP contribution in [0.25, 0.3) is 0 Å². The summed E-state index contributed by atoms with van der Waals surface area (Å²) in [6, 6.07) is 0. The standard InChI is InChI=1S/C13H18N4O5/c1-4-22-13(19)7-9(2)15-12(18)5-6-16-10(3)11(8-14-16)17(20)21/h7-8H,4-6H2,1-3H3,(H,15,18)/b9-7+. The minimum absolute atomic E-state index is 0.0771. The van der Waals surface area contributed by atoms with E-state index in [2.05, 4.69) is 10.4 Å². The summed E-state index contributed by atoms with van der Waals surface area (Å²) < 4.78 is 6.11. The Morgan fingerprint density at radius 1 is 1.55 bits per heavy atom. The Hall–Kier alpha value is -2.71. The highest BCUT2D eigenvalue weighted by Crippen LogP contribution is 2.16. The summed E-state index contributed by atoms with van der Waals surface area (Å²) >= 11 is 0. The van der Waals surface area contributed by atoms with Crippen molar-refractivity contribution in [2.24, 2.45) is 0 Å². The lowest BCUT2D eigenvalue weighted by Gasteiger charge is -2.06. The van der Waals surface area contributed by atoms with Crippen LogP contribution in [0.15, 0.2) is 18.0 Å². The lowest BCUT2D eigenvalue weighted by molar-refractivity contribution is -0.385. The van der Waals surface area contributed by atoms with Crippen molar-refractivity contribution in [2.45, 2.75) is 33.7 Å². The van der Waals surface area contributed by atoms with Gasteiger partial charge < -0.3 is 10.1 Å². The van der Waals surface area contributed by atoms with Crippen LogP contribution < -0.4 is 5.32 Å². The third-order valence-corrected chi connectivity index (χ3v) is 2.78. The number of nitrogens with zero attached hydrogens (tertiary/aromatic N) is 3. The Morgan fingerprint density at radius 2 is 2.23 bits per heavy atom. The van der Waals surface area contributed by atoms with Crippen LogP contribution >= 0.6 is 0 Å². The molecule has 0 saturated heterocycles. The molecule has 1 N–H and O–H groups in total. The second kappa shape index (κ2) is 7.91. The highest BCUT2D eigenvalue weighted by molar-refractivity contribution is 5.84. The van der Waals surface area contributed by atoms with Gasteiger partial charge in [-0.2, -0.15) is 5.10 Å². The predicted octanol–water partition coefficient (Wildman–Crippen LogP) is 1.07. The molecule has 1 aromatic rings. The van der Waals surface area contributed by atoms with E-state index in [0.717, 1.165) is 6.20 Å². The molecule has 1 aromatic heterocycles. The smallest absolute Gasteiger partial charge is 0.332 e. The number of nitrogens with one attached hydrogen (secondary N) is 1. The second-order valence-corrected chi connectivity index (χ2v) is 4.47. The lowest BCUT2D eigenvalue weighted by atomic mass is 10.3. The van der Waals surface area contributed by atoms with Crippen LogP contribution in [0.2, 0.25) is 0 Å². The van der Waals surface area contributed by atoms with Crippen LogP contribution in [0.4, 0.5) is 5.69 Å². The number of amides is 1. The van der Waals surface area contributed by atoms with Crippen LogP contribution in [0.3, 0.4) is 0 Å². The average Bonchev–Trinajstić information content (AvgIpc) is 2.77. The van der Waals surface area contributed by atoms with E-state index in [1.54, 1.807) is 20.8 Å². The summed E-state index contributed by atoms with van der Waals surface area (Å²) in [6.07, 6.45) is 2.41. The topological polar surface area (TPSA) is 116 Å². The van der Waals surface area contributed by atoms with E-state index in [0.29, 0.717) is 11.4 Å². The summed E-state index contributed by atoms with van der Waals surface area (Å²) in [4.78, 5) is 33.1. The molecule has 0 aliphatic rings. The quantitative estimate of drug-likeness (QED) is 0.348. The maximum absolute atomic E-state index is 11.7. The van der Waals surface area contributed by atoms with E-state index in [9.17, 15) is 19.7 Å². The first kappa shape index (κ1) is 17.3. The molecule has 0 spiro atoms. The molecule has 120 valence electrons. The zero-order valence-electron chi connectivity index (χ0n) is 12.7. The average molecular weight is 310 g/mol. The van der Waals surface area contributed by atoms with E-state index in [1.807, 2.05) is 0 Å². The van der Waals surface area contributed by atoms with Gasteiger partial charge >= 0.3 is 11.7 Å². The molecular formula is C13H18N4O5. The first-order chi connectivity index (χ1) is 10.3. The molecular weight excluding hydrogens is 292 g/mol. The molecule has 9 heteroatoms. The molecule has 0 atom stereocenters. The van der Waals surface area contributed by atoms with Crippen molar-refractivity contribution in [2.75, 3.05) is 6.61 Å². The van der Waals surface area contributed by atoms with Crippen LogP contribution in [-0.4, -0.2) is 33.2 Å². The number of aromatic nitrogens is 2. The van der Waals surface area contributed by atoms with Crippen molar-refractivity contribution in [3.63, 3.8) is 0 Å². The number of rotatable bonds is 7. The van der Waals surface area contributed by atoms with E-state index in [4.69, 9.17) is 4.74 Å². The van der Waals surface area contributed by atoms with Crippen LogP contribution in [0.5, 0.6) is 0 Å². The second-order valence-electron chi connectivity index (χ2n) is 4.47. The largest absolute Gasteiger partial charge is 0.463 e. The Bertz CT molecular complexity index is 606. The number of esters is 1. The number of ether oxygens (including phenoxy) is 1. The third-order valence-electron chi connectivity index (χ3n) is 2.78. The Balaban J connectivity index is 2.53.